The van der Waals surface area contributed by atoms with Crippen LogP contribution < -0.4 is 5.32 Å². The van der Waals surface area contributed by atoms with Crippen LogP contribution in [0.25, 0.3) is 0 Å². The van der Waals surface area contributed by atoms with Crippen LogP contribution in [0.5, 0.6) is 0 Å². The first-order chi connectivity index (χ1) is 7.65. The Morgan fingerprint density at radius 3 is 3.06 bits per heavy atom. The second kappa shape index (κ2) is 4.61. The Morgan fingerprint density at radius 2 is 2.44 bits per heavy atom. The van der Waals surface area contributed by atoms with Crippen molar-refractivity contribution in [2.45, 2.75) is 18.9 Å². The number of thiazole rings is 1. The van der Waals surface area contributed by atoms with Crippen LogP contribution in [0.2, 0.25) is 0 Å². The van der Waals surface area contributed by atoms with Gasteiger partial charge in [0.15, 0.2) is 0 Å². The van der Waals surface area contributed by atoms with E-state index in [2.05, 4.69) is 15.3 Å². The van der Waals surface area contributed by atoms with Crippen molar-refractivity contribution in [2.24, 2.45) is 4.99 Å². The molecule has 0 saturated heterocycles. The fraction of sp³-hybridized carbons (Fsp3) is 0.500. The van der Waals surface area contributed by atoms with Gasteiger partial charge in [-0.05, 0) is 12.8 Å². The van der Waals surface area contributed by atoms with Crippen LogP contribution in [0.15, 0.2) is 10.4 Å². The number of aromatic nitrogens is 1. The Bertz CT molecular complexity index is 409. The summed E-state index contributed by atoms with van der Waals surface area (Å²) in [5.74, 6) is -0.0925. The molecule has 5 nitrogen and oxygen atoms in total. The summed E-state index contributed by atoms with van der Waals surface area (Å²) in [7, 11) is 3.77. The average molecular weight is 238 g/mol. The first-order valence-corrected chi connectivity index (χ1v) is 6.00. The van der Waals surface area contributed by atoms with Gasteiger partial charge in [-0.15, -0.1) is 11.3 Å². The number of aliphatic imine (C=N–C) groups is 1. The monoisotopic (exact) mass is 238 g/mol. The van der Waals surface area contributed by atoms with Gasteiger partial charge in [-0.3, -0.25) is 4.79 Å². The van der Waals surface area contributed by atoms with Crippen molar-refractivity contribution in [3.05, 3.63) is 11.1 Å². The molecule has 0 atom stereocenters. The fourth-order valence-corrected chi connectivity index (χ4v) is 1.72. The zero-order chi connectivity index (χ0) is 11.5. The van der Waals surface area contributed by atoms with Gasteiger partial charge in [-0.1, -0.05) is 0 Å². The van der Waals surface area contributed by atoms with E-state index in [1.54, 1.807) is 11.7 Å². The minimum Gasteiger partial charge on any atom is -0.369 e. The first kappa shape index (κ1) is 11.1. The van der Waals surface area contributed by atoms with E-state index >= 15 is 0 Å². The molecule has 0 unspecified atom stereocenters. The Labute approximate surface area is 98.2 Å². The minimum absolute atomic E-state index is 0.0925. The maximum absolute atomic E-state index is 11.6. The van der Waals surface area contributed by atoms with Crippen molar-refractivity contribution < 1.29 is 4.79 Å². The highest BCUT2D eigenvalue weighted by Crippen LogP contribution is 2.21. The maximum Gasteiger partial charge on any atom is 0.271 e. The van der Waals surface area contributed by atoms with E-state index in [0.29, 0.717) is 16.9 Å². The largest absolute Gasteiger partial charge is 0.369 e. The van der Waals surface area contributed by atoms with Crippen molar-refractivity contribution in [1.82, 2.24) is 15.2 Å². The molecule has 1 amide bonds. The molecule has 1 aliphatic carbocycles. The molecule has 16 heavy (non-hydrogen) atoms. The van der Waals surface area contributed by atoms with E-state index in [4.69, 9.17) is 0 Å². The third-order valence-corrected chi connectivity index (χ3v) is 2.79. The molecule has 0 aromatic carbocycles. The van der Waals surface area contributed by atoms with Crippen molar-refractivity contribution in [1.29, 1.82) is 0 Å². The lowest BCUT2D eigenvalue weighted by molar-refractivity contribution is 0.0947. The quantitative estimate of drug-likeness (QED) is 0.634. The Kier molecular flexibility index (Phi) is 3.19. The van der Waals surface area contributed by atoms with Gasteiger partial charge in [-0.2, -0.15) is 0 Å². The molecule has 86 valence electrons. The molecule has 1 aromatic rings. The van der Waals surface area contributed by atoms with E-state index in [-0.39, 0.29) is 5.91 Å². The van der Waals surface area contributed by atoms with Crippen molar-refractivity contribution in [3.8, 4) is 0 Å². The number of hydrogen-bond donors (Lipinski definition) is 1. The van der Waals surface area contributed by atoms with Gasteiger partial charge in [0, 0.05) is 25.5 Å². The summed E-state index contributed by atoms with van der Waals surface area (Å²) < 4.78 is 0. The molecule has 0 bridgehead atoms. The molecule has 0 radical (unpaired) electrons. The predicted octanol–water partition coefficient (Wildman–Crippen LogP) is 1.26. The Hall–Kier alpha value is -1.43. The van der Waals surface area contributed by atoms with Crippen LogP contribution in [0.1, 0.15) is 23.3 Å². The molecule has 6 heteroatoms. The summed E-state index contributed by atoms with van der Waals surface area (Å²) in [6, 6.07) is 0.364. The number of nitrogens with one attached hydrogen (secondary N) is 1. The van der Waals surface area contributed by atoms with Crippen molar-refractivity contribution in [3.63, 3.8) is 0 Å². The van der Waals surface area contributed by atoms with Crippen molar-refractivity contribution in [2.75, 3.05) is 14.1 Å². The summed E-state index contributed by atoms with van der Waals surface area (Å²) >= 11 is 1.37. The lowest BCUT2D eigenvalue weighted by atomic mass is 10.4. The van der Waals surface area contributed by atoms with Crippen LogP contribution in [0.4, 0.5) is 5.13 Å². The van der Waals surface area contributed by atoms with Crippen LogP contribution in [-0.2, 0) is 0 Å². The van der Waals surface area contributed by atoms with E-state index in [1.165, 1.54) is 11.3 Å². The molecule has 1 N–H and O–H groups in total. The van der Waals surface area contributed by atoms with E-state index in [9.17, 15) is 4.79 Å². The Morgan fingerprint density at radius 1 is 1.69 bits per heavy atom. The van der Waals surface area contributed by atoms with Gasteiger partial charge in [-0.25, -0.2) is 9.98 Å². The molecule has 1 aromatic heterocycles. The van der Waals surface area contributed by atoms with E-state index < -0.39 is 0 Å². The number of nitrogens with zero attached hydrogens (tertiary/aromatic N) is 3. The predicted molar refractivity (Wildman–Crippen MR) is 64.4 cm³/mol. The number of amides is 1. The fourth-order valence-electron chi connectivity index (χ4n) is 1.08. The van der Waals surface area contributed by atoms with Gasteiger partial charge in [0.05, 0.1) is 6.34 Å². The maximum atomic E-state index is 11.6. The molecule has 1 fully saturated rings. The molecular formula is C10H14N4OS. The summed E-state index contributed by atoms with van der Waals surface area (Å²) in [6.45, 7) is 0. The Balaban J connectivity index is 1.97. The molecule has 1 saturated carbocycles. The van der Waals surface area contributed by atoms with Crippen molar-refractivity contribution >= 4 is 28.7 Å². The number of rotatable bonds is 4. The number of hydrogen-bond acceptors (Lipinski definition) is 4. The van der Waals surface area contributed by atoms with Gasteiger partial charge >= 0.3 is 0 Å². The number of carbonyl (C=O) groups excluding carboxylic acids is 1. The van der Waals surface area contributed by atoms with E-state index in [1.807, 2.05) is 19.0 Å². The zero-order valence-electron chi connectivity index (χ0n) is 9.30. The normalized spacial score (nSPS) is 15.4. The van der Waals surface area contributed by atoms with Crippen LogP contribution in [0, 0.1) is 0 Å². The highest BCUT2D eigenvalue weighted by molar-refractivity contribution is 7.13. The third kappa shape index (κ3) is 3.03. The highest BCUT2D eigenvalue weighted by atomic mass is 32.1. The summed E-state index contributed by atoms with van der Waals surface area (Å²) in [5.41, 5.74) is 0.461. The summed E-state index contributed by atoms with van der Waals surface area (Å²) in [6.07, 6.45) is 3.84. The topological polar surface area (TPSA) is 57.6 Å². The second-order valence-electron chi connectivity index (χ2n) is 3.97. The summed E-state index contributed by atoms with van der Waals surface area (Å²) in [5, 5.41) is 5.23. The molecule has 0 aliphatic heterocycles. The minimum atomic E-state index is -0.0925. The third-order valence-electron chi connectivity index (χ3n) is 2.04. The lowest BCUT2D eigenvalue weighted by Crippen LogP contribution is -2.25. The van der Waals surface area contributed by atoms with Crippen LogP contribution >= 0.6 is 11.3 Å². The number of carbonyl (C=O) groups is 1. The zero-order valence-corrected chi connectivity index (χ0v) is 10.1. The molecule has 1 heterocycles. The summed E-state index contributed by atoms with van der Waals surface area (Å²) in [4.78, 5) is 21.7. The van der Waals surface area contributed by atoms with Gasteiger partial charge in [0.2, 0.25) is 5.13 Å². The standard InChI is InChI=1S/C10H14N4OS/c1-14(2)6-11-10-13-8(5-16-10)9(15)12-7-3-4-7/h5-7H,3-4H2,1-2H3,(H,12,15). The van der Waals surface area contributed by atoms with Gasteiger partial charge in [0.25, 0.3) is 5.91 Å². The van der Waals surface area contributed by atoms with Gasteiger partial charge < -0.3 is 10.2 Å². The molecular weight excluding hydrogens is 224 g/mol. The molecule has 0 spiro atoms. The molecule has 1 aliphatic rings. The SMILES string of the molecule is CN(C)C=Nc1nc(C(=O)NC2CC2)cs1. The van der Waals surface area contributed by atoms with Crippen LogP contribution in [0.3, 0.4) is 0 Å². The highest BCUT2D eigenvalue weighted by Gasteiger charge is 2.24. The van der Waals surface area contributed by atoms with Crippen LogP contribution in [-0.4, -0.2) is 42.3 Å². The average Bonchev–Trinajstić information content (AvgIpc) is 2.92. The van der Waals surface area contributed by atoms with Gasteiger partial charge in [0.1, 0.15) is 5.69 Å². The smallest absolute Gasteiger partial charge is 0.271 e. The second-order valence-corrected chi connectivity index (χ2v) is 4.81. The van der Waals surface area contributed by atoms with E-state index in [0.717, 1.165) is 12.8 Å². The molecule has 2 rings (SSSR count). The lowest BCUT2D eigenvalue weighted by Gasteiger charge is -2.00. The first-order valence-electron chi connectivity index (χ1n) is 5.12.